The molecule has 0 saturated heterocycles. The van der Waals surface area contributed by atoms with Gasteiger partial charge < -0.3 is 4.74 Å². The van der Waals surface area contributed by atoms with Crippen molar-refractivity contribution in [1.82, 2.24) is 9.38 Å². The lowest BCUT2D eigenvalue weighted by Gasteiger charge is -2.25. The minimum atomic E-state index is -0.482. The largest absolute Gasteiger partial charge is 0.506 e. The van der Waals surface area contributed by atoms with Crippen molar-refractivity contribution in [3.63, 3.8) is 0 Å². The van der Waals surface area contributed by atoms with Crippen molar-refractivity contribution < 1.29 is 18.9 Å². The maximum absolute atomic E-state index is 14.0. The fourth-order valence-corrected chi connectivity index (χ4v) is 6.79. The standard InChI is InChI=1S/C28H27N4O4S/c1-2-36-20-13-11-19(12-14-20)32-26(34)25-21-8-4-3-5-9-22(21)37-27(25)31(28(32)35)17-18-16-24(33)30-15-7-6-10-23(30)29-18/h6-7,10-16,25H,2-5,8-9,17H2,1H3/q+1. The number of urea groups is 1. The third-order valence-electron chi connectivity index (χ3n) is 7.04. The van der Waals surface area contributed by atoms with Crippen LogP contribution in [0.2, 0.25) is 0 Å². The molecule has 0 saturated carbocycles. The molecule has 0 N–H and O–H groups in total. The molecule has 1 atom stereocenters. The van der Waals surface area contributed by atoms with E-state index in [2.05, 4.69) is 4.98 Å². The van der Waals surface area contributed by atoms with Gasteiger partial charge in [0.15, 0.2) is 11.0 Å². The molecule has 3 amide bonds. The van der Waals surface area contributed by atoms with E-state index in [-0.39, 0.29) is 18.0 Å². The highest BCUT2D eigenvalue weighted by Crippen LogP contribution is 2.47. The molecule has 0 fully saturated rings. The summed E-state index contributed by atoms with van der Waals surface area (Å²) >= 11 is 1.56. The lowest BCUT2D eigenvalue weighted by atomic mass is 9.93. The maximum atomic E-state index is 14.0. The third-order valence-corrected chi connectivity index (χ3v) is 8.41. The number of thioether (sulfide) groups is 1. The van der Waals surface area contributed by atoms with Crippen molar-refractivity contribution in [2.24, 2.45) is 5.92 Å². The van der Waals surface area contributed by atoms with Gasteiger partial charge in [0.25, 0.3) is 5.56 Å². The number of pyridine rings is 1. The quantitative estimate of drug-likeness (QED) is 0.456. The number of hydrogen-bond donors (Lipinski definition) is 0. The average Bonchev–Trinajstić information content (AvgIpc) is 3.10. The Morgan fingerprint density at radius 3 is 2.68 bits per heavy atom. The predicted molar refractivity (Wildman–Crippen MR) is 142 cm³/mol. The van der Waals surface area contributed by atoms with Crippen LogP contribution < -0.4 is 15.2 Å². The molecule has 188 valence electrons. The van der Waals surface area contributed by atoms with Gasteiger partial charge in [0.2, 0.25) is 0 Å². The molecule has 0 bridgehead atoms. The summed E-state index contributed by atoms with van der Waals surface area (Å²) in [7, 11) is 0. The van der Waals surface area contributed by atoms with Crippen LogP contribution in [0.3, 0.4) is 0 Å². The molecule has 8 nitrogen and oxygen atoms in total. The van der Waals surface area contributed by atoms with E-state index in [9.17, 15) is 14.4 Å². The number of amides is 3. The average molecular weight is 516 g/mol. The van der Waals surface area contributed by atoms with Crippen molar-refractivity contribution in [2.75, 3.05) is 11.5 Å². The van der Waals surface area contributed by atoms with Crippen molar-refractivity contribution in [3.8, 4) is 5.75 Å². The Bertz CT molecular complexity index is 1540. The second-order valence-corrected chi connectivity index (χ2v) is 10.5. The molecular formula is C28H27N4O4S+. The van der Waals surface area contributed by atoms with E-state index in [0.717, 1.165) is 42.7 Å². The number of carbonyl (C=O) groups excluding carboxylic acids is 2. The van der Waals surface area contributed by atoms with Crippen LogP contribution in [-0.2, 0) is 11.3 Å². The van der Waals surface area contributed by atoms with Crippen molar-refractivity contribution in [2.45, 2.75) is 45.6 Å². The molecule has 3 aromatic rings. The monoisotopic (exact) mass is 515 g/mol. The minimum Gasteiger partial charge on any atom is -0.494 e. The van der Waals surface area contributed by atoms with Gasteiger partial charge in [-0.3, -0.25) is 9.20 Å². The number of aromatic nitrogens is 2. The van der Waals surface area contributed by atoms with Crippen molar-refractivity contribution >= 4 is 40.1 Å². The molecule has 3 aliphatic rings. The molecule has 1 aliphatic carbocycles. The van der Waals surface area contributed by atoms with Crippen LogP contribution in [0.1, 0.15) is 44.7 Å². The predicted octanol–water partition coefficient (Wildman–Crippen LogP) is 4.75. The number of hydrogen-bond acceptors (Lipinski definition) is 6. The number of fused-ring (bicyclic) bond motifs is 3. The van der Waals surface area contributed by atoms with E-state index >= 15 is 0 Å². The van der Waals surface area contributed by atoms with Crippen molar-refractivity contribution in [3.05, 3.63) is 81.3 Å². The Kier molecular flexibility index (Phi) is 6.16. The molecule has 4 heterocycles. The van der Waals surface area contributed by atoms with E-state index in [0.29, 0.717) is 29.4 Å². The Morgan fingerprint density at radius 2 is 1.86 bits per heavy atom. The third kappa shape index (κ3) is 4.17. The SMILES string of the molecule is CCOc1ccc(N2C(=O)C3C4=C(CCCCC4)SC3=[N+](Cc3cc(=O)n4ccccc4n3)C2=O)cc1. The summed E-state index contributed by atoms with van der Waals surface area (Å²) < 4.78 is 8.66. The number of anilines is 1. The van der Waals surface area contributed by atoms with Crippen LogP contribution in [-0.4, -0.2) is 37.5 Å². The summed E-state index contributed by atoms with van der Waals surface area (Å²) in [6.07, 6.45) is 6.71. The number of imide groups is 1. The smallest absolute Gasteiger partial charge is 0.494 e. The van der Waals surface area contributed by atoms with Gasteiger partial charge in [-0.25, -0.2) is 9.78 Å². The van der Waals surface area contributed by atoms with Gasteiger partial charge in [-0.2, -0.15) is 9.37 Å². The number of ether oxygens (including phenoxy) is 1. The number of carbonyl (C=O) groups is 2. The molecule has 2 aromatic heterocycles. The van der Waals surface area contributed by atoms with E-state index in [4.69, 9.17) is 4.74 Å². The van der Waals surface area contributed by atoms with Gasteiger partial charge >= 0.3 is 11.9 Å². The highest BCUT2D eigenvalue weighted by atomic mass is 32.2. The summed E-state index contributed by atoms with van der Waals surface area (Å²) in [6, 6.07) is 13.4. The Hall–Kier alpha value is -3.72. The maximum Gasteiger partial charge on any atom is 0.506 e. The molecule has 0 spiro atoms. The number of benzene rings is 1. The Labute approximate surface area is 218 Å². The van der Waals surface area contributed by atoms with Crippen LogP contribution in [0, 0.1) is 5.92 Å². The van der Waals surface area contributed by atoms with Crippen LogP contribution in [0.4, 0.5) is 10.5 Å². The first-order valence-electron chi connectivity index (χ1n) is 12.7. The summed E-state index contributed by atoms with van der Waals surface area (Å²) in [4.78, 5) is 47.8. The highest BCUT2D eigenvalue weighted by molar-refractivity contribution is 8.17. The van der Waals surface area contributed by atoms with Crippen LogP contribution in [0.15, 0.2) is 70.0 Å². The Balaban J connectivity index is 1.45. The molecule has 0 radical (unpaired) electrons. The summed E-state index contributed by atoms with van der Waals surface area (Å²) in [5.41, 5.74) is 2.44. The molecule has 9 heteroatoms. The molecule has 1 aromatic carbocycles. The molecular weight excluding hydrogens is 488 g/mol. The Morgan fingerprint density at radius 1 is 1.05 bits per heavy atom. The van der Waals surface area contributed by atoms with E-state index < -0.39 is 11.9 Å². The molecule has 2 aliphatic heterocycles. The minimum absolute atomic E-state index is 0.111. The second kappa shape index (κ2) is 9.63. The fraction of sp³-hybridized carbons (Fsp3) is 0.321. The molecule has 6 rings (SSSR count). The topological polar surface area (TPSA) is 84.0 Å². The van der Waals surface area contributed by atoms with E-state index in [1.807, 2.05) is 13.0 Å². The first kappa shape index (κ1) is 23.7. The van der Waals surface area contributed by atoms with Gasteiger partial charge in [-0.05, 0) is 79.5 Å². The van der Waals surface area contributed by atoms with Gasteiger partial charge in [0.1, 0.15) is 23.6 Å². The van der Waals surface area contributed by atoms with Crippen molar-refractivity contribution in [1.29, 1.82) is 0 Å². The first-order chi connectivity index (χ1) is 18.0. The van der Waals surface area contributed by atoms with Gasteiger partial charge in [0, 0.05) is 12.3 Å². The van der Waals surface area contributed by atoms with Gasteiger partial charge in [-0.1, -0.05) is 24.2 Å². The lowest BCUT2D eigenvalue weighted by Crippen LogP contribution is -2.53. The number of nitrogens with zero attached hydrogens (tertiary/aromatic N) is 4. The van der Waals surface area contributed by atoms with Crippen LogP contribution >= 0.6 is 11.8 Å². The number of rotatable bonds is 5. The highest BCUT2D eigenvalue weighted by Gasteiger charge is 2.54. The summed E-state index contributed by atoms with van der Waals surface area (Å²) in [6.45, 7) is 2.55. The summed E-state index contributed by atoms with van der Waals surface area (Å²) in [5.74, 6) is -0.0199. The summed E-state index contributed by atoms with van der Waals surface area (Å²) in [5, 5.41) is 0.735. The fourth-order valence-electron chi connectivity index (χ4n) is 5.33. The molecule has 37 heavy (non-hydrogen) atoms. The zero-order valence-corrected chi connectivity index (χ0v) is 21.4. The number of allylic oxidation sites excluding steroid dienone is 1. The zero-order valence-electron chi connectivity index (χ0n) is 20.6. The van der Waals surface area contributed by atoms with E-state index in [1.165, 1.54) is 20.3 Å². The zero-order chi connectivity index (χ0) is 25.5. The first-order valence-corrected chi connectivity index (χ1v) is 13.5. The molecule has 1 unspecified atom stereocenters. The van der Waals surface area contributed by atoms with Crippen LogP contribution in [0.25, 0.3) is 5.65 Å². The van der Waals surface area contributed by atoms with E-state index in [1.54, 1.807) is 58.9 Å². The van der Waals surface area contributed by atoms with Gasteiger partial charge in [0.05, 0.1) is 12.3 Å². The van der Waals surface area contributed by atoms with Crippen LogP contribution in [0.5, 0.6) is 5.75 Å². The lowest BCUT2D eigenvalue weighted by molar-refractivity contribution is -0.444. The normalized spacial score (nSPS) is 19.8. The second-order valence-electron chi connectivity index (χ2n) is 9.37. The van der Waals surface area contributed by atoms with Gasteiger partial charge in [-0.15, -0.1) is 4.90 Å².